The van der Waals surface area contributed by atoms with Crippen molar-refractivity contribution >= 4 is 40.4 Å². The Morgan fingerprint density at radius 3 is 2.43 bits per heavy atom. The molecule has 152 valence electrons. The summed E-state index contributed by atoms with van der Waals surface area (Å²) in [4.78, 5) is 43.9. The fraction of sp³-hybridized carbons (Fsp3) is 0.261. The van der Waals surface area contributed by atoms with Gasteiger partial charge in [0.25, 0.3) is 11.8 Å². The van der Waals surface area contributed by atoms with Crippen molar-refractivity contribution < 1.29 is 14.4 Å². The third-order valence-electron chi connectivity index (χ3n) is 5.75. The normalized spacial score (nSPS) is 17.9. The molecule has 2 aliphatic heterocycles. The van der Waals surface area contributed by atoms with Crippen molar-refractivity contribution in [3.05, 3.63) is 79.7 Å². The Morgan fingerprint density at radius 1 is 0.967 bits per heavy atom. The van der Waals surface area contributed by atoms with E-state index >= 15 is 0 Å². The number of carbonyl (C=O) groups excluding carboxylic acids is 3. The van der Waals surface area contributed by atoms with Gasteiger partial charge in [0.05, 0.1) is 17.2 Å². The summed E-state index contributed by atoms with van der Waals surface area (Å²) in [6.07, 6.45) is 1.65. The minimum Gasteiger partial charge on any atom is -0.330 e. The topological polar surface area (TPSA) is 57.7 Å². The quantitative estimate of drug-likeness (QED) is 0.559. The van der Waals surface area contributed by atoms with Crippen LogP contribution in [0.4, 0.5) is 0 Å². The molecule has 7 heteroatoms. The predicted molar refractivity (Wildman–Crippen MR) is 117 cm³/mol. The van der Waals surface area contributed by atoms with E-state index in [9.17, 15) is 14.4 Å². The Bertz CT molecular complexity index is 1080. The zero-order valence-corrected chi connectivity index (χ0v) is 17.9. The molecule has 3 amide bonds. The maximum atomic E-state index is 13.1. The second kappa shape index (κ2) is 7.81. The lowest BCUT2D eigenvalue weighted by Crippen LogP contribution is -2.40. The summed E-state index contributed by atoms with van der Waals surface area (Å²) in [5.74, 6) is -0.456. The van der Waals surface area contributed by atoms with E-state index in [0.29, 0.717) is 30.5 Å². The third-order valence-corrected chi connectivity index (χ3v) is 7.67. The molecular weight excluding hydrogens is 416 g/mol. The van der Waals surface area contributed by atoms with E-state index in [4.69, 9.17) is 0 Å². The molecular formula is C23H20N2O3S2. The summed E-state index contributed by atoms with van der Waals surface area (Å²) in [7, 11) is 0. The molecule has 3 aromatic rings. The second-order valence-corrected chi connectivity index (χ2v) is 9.45. The summed E-state index contributed by atoms with van der Waals surface area (Å²) in [6.45, 7) is 0.960. The maximum absolute atomic E-state index is 13.1. The van der Waals surface area contributed by atoms with Crippen LogP contribution >= 0.6 is 22.7 Å². The summed E-state index contributed by atoms with van der Waals surface area (Å²) in [6, 6.07) is 13.1. The first-order chi connectivity index (χ1) is 14.6. The fourth-order valence-electron chi connectivity index (χ4n) is 4.31. The van der Waals surface area contributed by atoms with Gasteiger partial charge in [-0.15, -0.1) is 22.7 Å². The number of thiophene rings is 2. The van der Waals surface area contributed by atoms with Crippen LogP contribution in [0.2, 0.25) is 0 Å². The molecule has 0 bridgehead atoms. The van der Waals surface area contributed by atoms with Crippen molar-refractivity contribution in [1.82, 2.24) is 9.80 Å². The number of benzene rings is 1. The lowest BCUT2D eigenvalue weighted by Gasteiger charge is -2.35. The summed E-state index contributed by atoms with van der Waals surface area (Å²) >= 11 is 3.42. The molecule has 0 saturated heterocycles. The highest BCUT2D eigenvalue weighted by molar-refractivity contribution is 7.10. The number of amides is 3. The molecule has 0 spiro atoms. The molecule has 0 fully saturated rings. The first kappa shape index (κ1) is 19.2. The van der Waals surface area contributed by atoms with Gasteiger partial charge in [0.15, 0.2) is 0 Å². The van der Waals surface area contributed by atoms with E-state index in [2.05, 4.69) is 17.5 Å². The Morgan fingerprint density at radius 2 is 1.73 bits per heavy atom. The van der Waals surface area contributed by atoms with Gasteiger partial charge in [0.2, 0.25) is 5.91 Å². The van der Waals surface area contributed by atoms with Gasteiger partial charge in [0, 0.05) is 29.3 Å². The van der Waals surface area contributed by atoms with E-state index in [0.717, 1.165) is 6.42 Å². The molecule has 0 radical (unpaired) electrons. The van der Waals surface area contributed by atoms with E-state index in [1.165, 1.54) is 20.2 Å². The van der Waals surface area contributed by atoms with Gasteiger partial charge in [-0.3, -0.25) is 19.3 Å². The van der Waals surface area contributed by atoms with Gasteiger partial charge in [-0.1, -0.05) is 18.2 Å². The van der Waals surface area contributed by atoms with Gasteiger partial charge in [-0.25, -0.2) is 0 Å². The van der Waals surface area contributed by atoms with E-state index in [1.807, 2.05) is 16.3 Å². The highest BCUT2D eigenvalue weighted by Gasteiger charge is 2.36. The Labute approximate surface area is 182 Å². The molecule has 2 aliphatic rings. The van der Waals surface area contributed by atoms with Gasteiger partial charge < -0.3 is 4.90 Å². The van der Waals surface area contributed by atoms with Crippen molar-refractivity contribution in [2.24, 2.45) is 0 Å². The summed E-state index contributed by atoms with van der Waals surface area (Å²) < 4.78 is 0. The van der Waals surface area contributed by atoms with Crippen molar-refractivity contribution in [3.63, 3.8) is 0 Å². The molecule has 1 aromatic carbocycles. The third kappa shape index (κ3) is 3.18. The van der Waals surface area contributed by atoms with Crippen molar-refractivity contribution in [2.75, 3.05) is 13.1 Å². The number of nitrogens with zero attached hydrogens (tertiary/aromatic N) is 2. The predicted octanol–water partition coefficient (Wildman–Crippen LogP) is 4.36. The van der Waals surface area contributed by atoms with Gasteiger partial charge >= 0.3 is 0 Å². The van der Waals surface area contributed by atoms with Crippen molar-refractivity contribution in [2.45, 2.75) is 25.3 Å². The Hall–Kier alpha value is -2.77. The van der Waals surface area contributed by atoms with Crippen LogP contribution in [0.25, 0.3) is 0 Å². The zero-order valence-electron chi connectivity index (χ0n) is 16.2. The van der Waals surface area contributed by atoms with E-state index in [-0.39, 0.29) is 30.3 Å². The molecule has 0 N–H and O–H groups in total. The average Bonchev–Trinajstić information content (AvgIpc) is 3.50. The lowest BCUT2D eigenvalue weighted by molar-refractivity contribution is -0.133. The van der Waals surface area contributed by atoms with Crippen LogP contribution in [0.15, 0.2) is 53.2 Å². The smallest absolute Gasteiger partial charge is 0.261 e. The zero-order chi connectivity index (χ0) is 20.7. The molecule has 0 saturated carbocycles. The SMILES string of the molecule is O=C1c2ccccc2C(=O)N1CCCC(=O)N1CCc2sccc2C1c1cccs1. The minimum absolute atomic E-state index is 0.0354. The molecule has 1 atom stereocenters. The molecule has 5 nitrogen and oxygen atoms in total. The molecule has 1 unspecified atom stereocenters. The number of fused-ring (bicyclic) bond motifs is 2. The number of hydrogen-bond donors (Lipinski definition) is 0. The van der Waals surface area contributed by atoms with Crippen LogP contribution in [-0.4, -0.2) is 40.6 Å². The van der Waals surface area contributed by atoms with Gasteiger partial charge in [-0.2, -0.15) is 0 Å². The number of hydrogen-bond acceptors (Lipinski definition) is 5. The Balaban J connectivity index is 1.27. The molecule has 5 rings (SSSR count). The fourth-order valence-corrected chi connectivity index (χ4v) is 6.07. The first-order valence-electron chi connectivity index (χ1n) is 9.99. The van der Waals surface area contributed by atoms with E-state index in [1.54, 1.807) is 46.9 Å². The van der Waals surface area contributed by atoms with Crippen LogP contribution < -0.4 is 0 Å². The molecule has 30 heavy (non-hydrogen) atoms. The van der Waals surface area contributed by atoms with Crippen molar-refractivity contribution in [1.29, 1.82) is 0 Å². The van der Waals surface area contributed by atoms with Crippen LogP contribution in [0.5, 0.6) is 0 Å². The second-order valence-electron chi connectivity index (χ2n) is 7.47. The van der Waals surface area contributed by atoms with Gasteiger partial charge in [0.1, 0.15) is 0 Å². The van der Waals surface area contributed by atoms with Crippen LogP contribution in [0.3, 0.4) is 0 Å². The highest BCUT2D eigenvalue weighted by atomic mass is 32.1. The number of rotatable bonds is 5. The first-order valence-corrected chi connectivity index (χ1v) is 11.8. The summed E-state index contributed by atoms with van der Waals surface area (Å²) in [5, 5.41) is 4.14. The summed E-state index contributed by atoms with van der Waals surface area (Å²) in [5.41, 5.74) is 2.13. The standard InChI is InChI=1S/C23H20N2O3S2/c26-20(8-3-11-25-22(27)15-5-1-2-6-16(15)23(25)28)24-12-9-18-17(10-14-30-18)21(24)19-7-4-13-29-19/h1-2,4-7,10,13-14,21H,3,8-9,11-12H2. The van der Waals surface area contributed by atoms with Crippen LogP contribution in [0.1, 0.15) is 54.9 Å². The monoisotopic (exact) mass is 436 g/mol. The highest BCUT2D eigenvalue weighted by Crippen LogP contribution is 2.39. The Kier molecular flexibility index (Phi) is 5.00. The lowest BCUT2D eigenvalue weighted by atomic mass is 9.98. The molecule has 0 aliphatic carbocycles. The van der Waals surface area contributed by atoms with Gasteiger partial charge in [-0.05, 0) is 53.4 Å². The maximum Gasteiger partial charge on any atom is 0.261 e. The minimum atomic E-state index is -0.264. The van der Waals surface area contributed by atoms with Crippen LogP contribution in [0, 0.1) is 0 Å². The number of carbonyl (C=O) groups is 3. The van der Waals surface area contributed by atoms with Crippen LogP contribution in [-0.2, 0) is 11.2 Å². The molecule has 2 aromatic heterocycles. The largest absolute Gasteiger partial charge is 0.330 e. The average molecular weight is 437 g/mol. The molecule has 4 heterocycles. The number of imide groups is 1. The van der Waals surface area contributed by atoms with E-state index < -0.39 is 0 Å². The van der Waals surface area contributed by atoms with Crippen molar-refractivity contribution in [3.8, 4) is 0 Å².